The lowest BCUT2D eigenvalue weighted by Gasteiger charge is -2.27. The Hall–Kier alpha value is -2.12. The van der Waals surface area contributed by atoms with E-state index in [1.54, 1.807) is 0 Å². The fourth-order valence-corrected chi connectivity index (χ4v) is 3.26. The van der Waals surface area contributed by atoms with Crippen molar-refractivity contribution in [2.75, 3.05) is 13.2 Å². The van der Waals surface area contributed by atoms with Crippen LogP contribution in [0.5, 0.6) is 0 Å². The predicted octanol–water partition coefficient (Wildman–Crippen LogP) is 0.510. The van der Waals surface area contributed by atoms with Gasteiger partial charge >= 0.3 is 23.9 Å². The van der Waals surface area contributed by atoms with Gasteiger partial charge in [0.15, 0.2) is 0 Å². The topological polar surface area (TPSA) is 105 Å². The van der Waals surface area contributed by atoms with Gasteiger partial charge in [0.05, 0.1) is 25.0 Å². The highest BCUT2D eigenvalue weighted by atomic mass is 16.6. The first kappa shape index (κ1) is 16.7. The van der Waals surface area contributed by atoms with Crippen molar-refractivity contribution in [3.8, 4) is 0 Å². The van der Waals surface area contributed by atoms with Gasteiger partial charge in [-0.1, -0.05) is 6.42 Å². The third kappa shape index (κ3) is 3.68. The van der Waals surface area contributed by atoms with Crippen LogP contribution in [0.25, 0.3) is 0 Å². The van der Waals surface area contributed by atoms with E-state index in [9.17, 15) is 19.2 Å². The third-order valence-electron chi connectivity index (χ3n) is 4.63. The lowest BCUT2D eigenvalue weighted by Crippen LogP contribution is -2.34. The molecule has 3 aliphatic rings. The fourth-order valence-electron chi connectivity index (χ4n) is 3.26. The Balaban J connectivity index is 1.51. The molecule has 2 aliphatic heterocycles. The van der Waals surface area contributed by atoms with Crippen molar-refractivity contribution in [1.82, 2.24) is 0 Å². The molecule has 0 amide bonds. The van der Waals surface area contributed by atoms with Crippen LogP contribution < -0.4 is 0 Å². The predicted molar refractivity (Wildman–Crippen MR) is 76.4 cm³/mol. The lowest BCUT2D eigenvalue weighted by atomic mass is 9.81. The molecule has 3 rings (SSSR count). The summed E-state index contributed by atoms with van der Waals surface area (Å²) in [6.07, 6.45) is 1.27. The minimum atomic E-state index is -0.835. The van der Waals surface area contributed by atoms with Gasteiger partial charge in [-0.25, -0.2) is 9.59 Å². The molecule has 0 aromatic heterocycles. The number of hydrogen-bond donors (Lipinski definition) is 0. The molecule has 24 heavy (non-hydrogen) atoms. The molecule has 1 saturated carbocycles. The first-order valence-electron chi connectivity index (χ1n) is 8.29. The average Bonchev–Trinajstić information content (AvgIpc) is 3.16. The SMILES string of the molecule is O=C(OC1CCOC1=O)C1CCCC(C(=O)OC2CCOC2=O)C1. The molecule has 8 heteroatoms. The van der Waals surface area contributed by atoms with E-state index in [-0.39, 0.29) is 13.2 Å². The first-order valence-corrected chi connectivity index (χ1v) is 8.29. The zero-order chi connectivity index (χ0) is 17.1. The van der Waals surface area contributed by atoms with E-state index < -0.39 is 47.9 Å². The molecule has 4 atom stereocenters. The van der Waals surface area contributed by atoms with Crippen LogP contribution in [0.2, 0.25) is 0 Å². The lowest BCUT2D eigenvalue weighted by molar-refractivity contribution is -0.168. The van der Waals surface area contributed by atoms with E-state index in [0.717, 1.165) is 0 Å². The van der Waals surface area contributed by atoms with Gasteiger partial charge in [-0.2, -0.15) is 0 Å². The molecule has 8 nitrogen and oxygen atoms in total. The van der Waals surface area contributed by atoms with Gasteiger partial charge in [-0.05, 0) is 19.3 Å². The summed E-state index contributed by atoms with van der Waals surface area (Å²) >= 11 is 0. The van der Waals surface area contributed by atoms with Crippen LogP contribution in [0.3, 0.4) is 0 Å². The van der Waals surface area contributed by atoms with Gasteiger partial charge in [-0.15, -0.1) is 0 Å². The van der Waals surface area contributed by atoms with Gasteiger partial charge in [0.1, 0.15) is 0 Å². The molecule has 0 N–H and O–H groups in total. The fraction of sp³-hybridized carbons (Fsp3) is 0.750. The second kappa shape index (κ2) is 7.19. The maximum atomic E-state index is 12.2. The summed E-state index contributed by atoms with van der Waals surface area (Å²) in [5, 5.41) is 0. The average molecular weight is 340 g/mol. The summed E-state index contributed by atoms with van der Waals surface area (Å²) in [5.41, 5.74) is 0. The minimum Gasteiger partial charge on any atom is -0.463 e. The number of carbonyl (C=O) groups excluding carboxylic acids is 4. The van der Waals surface area contributed by atoms with Gasteiger partial charge in [0.2, 0.25) is 12.2 Å². The van der Waals surface area contributed by atoms with Gasteiger partial charge < -0.3 is 18.9 Å². The van der Waals surface area contributed by atoms with Crippen LogP contribution in [0.15, 0.2) is 0 Å². The maximum absolute atomic E-state index is 12.2. The normalized spacial score (nSPS) is 32.8. The number of ether oxygens (including phenoxy) is 4. The highest BCUT2D eigenvalue weighted by Crippen LogP contribution is 2.32. The first-order chi connectivity index (χ1) is 11.5. The molecule has 0 radical (unpaired) electrons. The maximum Gasteiger partial charge on any atom is 0.347 e. The number of esters is 4. The van der Waals surface area contributed by atoms with Crippen LogP contribution >= 0.6 is 0 Å². The smallest absolute Gasteiger partial charge is 0.347 e. The van der Waals surface area contributed by atoms with Gasteiger partial charge in [-0.3, -0.25) is 9.59 Å². The second-order valence-electron chi connectivity index (χ2n) is 6.32. The van der Waals surface area contributed by atoms with Crippen molar-refractivity contribution in [2.24, 2.45) is 11.8 Å². The minimum absolute atomic E-state index is 0.258. The molecule has 132 valence electrons. The molecule has 0 aromatic rings. The van der Waals surface area contributed by atoms with E-state index in [0.29, 0.717) is 38.5 Å². The van der Waals surface area contributed by atoms with Crippen molar-refractivity contribution in [2.45, 2.75) is 50.7 Å². The van der Waals surface area contributed by atoms with Gasteiger partial charge in [0.25, 0.3) is 0 Å². The largest absolute Gasteiger partial charge is 0.463 e. The van der Waals surface area contributed by atoms with Crippen molar-refractivity contribution in [1.29, 1.82) is 0 Å². The second-order valence-corrected chi connectivity index (χ2v) is 6.32. The quantitative estimate of drug-likeness (QED) is 0.538. The Morgan fingerprint density at radius 1 is 0.792 bits per heavy atom. The molecule has 2 heterocycles. The summed E-state index contributed by atoms with van der Waals surface area (Å²) in [6.45, 7) is 0.516. The Labute approximate surface area is 138 Å². The summed E-state index contributed by atoms with van der Waals surface area (Å²) in [4.78, 5) is 47.2. The number of rotatable bonds is 4. The van der Waals surface area contributed by atoms with Crippen molar-refractivity contribution < 1.29 is 38.1 Å². The van der Waals surface area contributed by atoms with Crippen LogP contribution in [-0.2, 0) is 38.1 Å². The number of carbonyl (C=O) groups is 4. The molecule has 0 aromatic carbocycles. The molecular formula is C16H20O8. The van der Waals surface area contributed by atoms with Crippen LogP contribution in [0, 0.1) is 11.8 Å². The molecular weight excluding hydrogens is 320 g/mol. The molecule has 1 aliphatic carbocycles. The zero-order valence-electron chi connectivity index (χ0n) is 13.2. The van der Waals surface area contributed by atoms with Crippen molar-refractivity contribution in [3.05, 3.63) is 0 Å². The Bertz CT molecular complexity index is 496. The van der Waals surface area contributed by atoms with Crippen molar-refractivity contribution in [3.63, 3.8) is 0 Å². The van der Waals surface area contributed by atoms with E-state index in [4.69, 9.17) is 18.9 Å². The summed E-state index contributed by atoms with van der Waals surface area (Å²) in [5.74, 6) is -2.88. The number of cyclic esters (lactones) is 2. The highest BCUT2D eigenvalue weighted by molar-refractivity contribution is 5.83. The van der Waals surface area contributed by atoms with Crippen molar-refractivity contribution >= 4 is 23.9 Å². The van der Waals surface area contributed by atoms with Crippen LogP contribution in [0.4, 0.5) is 0 Å². The zero-order valence-corrected chi connectivity index (χ0v) is 13.2. The summed E-state index contributed by atoms with van der Waals surface area (Å²) in [7, 11) is 0. The molecule has 4 unspecified atom stereocenters. The van der Waals surface area contributed by atoms with Gasteiger partial charge in [0, 0.05) is 12.8 Å². The molecule has 3 fully saturated rings. The summed E-state index contributed by atoms with van der Waals surface area (Å²) in [6, 6.07) is 0. The molecule has 0 spiro atoms. The Kier molecular flexibility index (Phi) is 5.01. The number of hydrogen-bond acceptors (Lipinski definition) is 8. The third-order valence-corrected chi connectivity index (χ3v) is 4.63. The standard InChI is InChI=1S/C16H20O8/c17-13(23-11-4-6-21-15(11)19)9-2-1-3-10(8-9)14(18)24-12-5-7-22-16(12)20/h9-12H,1-8H2. The van der Waals surface area contributed by atoms with E-state index in [1.165, 1.54) is 0 Å². The van der Waals surface area contributed by atoms with E-state index in [2.05, 4.69) is 0 Å². The van der Waals surface area contributed by atoms with Crippen LogP contribution in [0.1, 0.15) is 38.5 Å². The monoisotopic (exact) mass is 340 g/mol. The Morgan fingerprint density at radius 2 is 1.25 bits per heavy atom. The van der Waals surface area contributed by atoms with E-state index >= 15 is 0 Å². The Morgan fingerprint density at radius 3 is 1.62 bits per heavy atom. The highest BCUT2D eigenvalue weighted by Gasteiger charge is 2.38. The molecule has 2 saturated heterocycles. The van der Waals surface area contributed by atoms with Crippen LogP contribution in [-0.4, -0.2) is 49.3 Å². The molecule has 0 bridgehead atoms. The van der Waals surface area contributed by atoms with E-state index in [1.807, 2.05) is 0 Å². The summed E-state index contributed by atoms with van der Waals surface area (Å²) < 4.78 is 19.9.